The number of nitrogens with two attached hydrogens (primary N) is 1. The van der Waals surface area contributed by atoms with Crippen LogP contribution in [0.4, 0.5) is 0 Å². The average molecular weight is 270 g/mol. The van der Waals surface area contributed by atoms with Crippen LogP contribution in [0.15, 0.2) is 0 Å². The highest BCUT2D eigenvalue weighted by Gasteiger charge is 2.25. The van der Waals surface area contributed by atoms with Crippen LogP contribution in [0, 0.1) is 0 Å². The van der Waals surface area contributed by atoms with Gasteiger partial charge in [-0.3, -0.25) is 25.3 Å². The third-order valence-electron chi connectivity index (χ3n) is 3.49. The van der Waals surface area contributed by atoms with E-state index >= 15 is 0 Å². The van der Waals surface area contributed by atoms with Crippen LogP contribution in [-0.4, -0.2) is 41.9 Å². The van der Waals surface area contributed by atoms with Crippen LogP contribution >= 0.6 is 0 Å². The number of nitrogens with zero attached hydrogens (tertiary/aromatic N) is 1. The van der Waals surface area contributed by atoms with Crippen molar-refractivity contribution in [2.75, 3.05) is 13.1 Å². The van der Waals surface area contributed by atoms with E-state index in [4.69, 9.17) is 5.73 Å². The van der Waals surface area contributed by atoms with Crippen molar-refractivity contribution in [3.8, 4) is 0 Å². The first-order chi connectivity index (χ1) is 9.02. The molecule has 110 valence electrons. The standard InChI is InChI=1S/C13H26N4O2/c1-3-8-17(9-13(19)16-15-10(2)18)12-6-4-11(14)5-7-12/h11-12H,3-9,14H2,1-2H3,(H,15,18)(H,16,19). The van der Waals surface area contributed by atoms with E-state index in [9.17, 15) is 9.59 Å². The second-order valence-corrected chi connectivity index (χ2v) is 5.27. The molecule has 0 aromatic rings. The second-order valence-electron chi connectivity index (χ2n) is 5.27. The molecule has 1 aliphatic rings. The summed E-state index contributed by atoms with van der Waals surface area (Å²) in [5, 5.41) is 0. The van der Waals surface area contributed by atoms with Gasteiger partial charge in [0.1, 0.15) is 0 Å². The molecule has 1 saturated carbocycles. The van der Waals surface area contributed by atoms with Crippen molar-refractivity contribution in [2.45, 2.75) is 58.0 Å². The maximum atomic E-state index is 11.7. The smallest absolute Gasteiger partial charge is 0.252 e. The van der Waals surface area contributed by atoms with E-state index in [0.717, 1.165) is 38.6 Å². The molecule has 0 aromatic heterocycles. The Hall–Kier alpha value is -1.14. The molecule has 1 aliphatic carbocycles. The summed E-state index contributed by atoms with van der Waals surface area (Å²) in [6, 6.07) is 0.746. The van der Waals surface area contributed by atoms with Crippen LogP contribution in [0.25, 0.3) is 0 Å². The van der Waals surface area contributed by atoms with Crippen molar-refractivity contribution in [1.29, 1.82) is 0 Å². The van der Waals surface area contributed by atoms with Gasteiger partial charge in [0.15, 0.2) is 0 Å². The maximum Gasteiger partial charge on any atom is 0.252 e. The van der Waals surface area contributed by atoms with Gasteiger partial charge in [-0.25, -0.2) is 0 Å². The van der Waals surface area contributed by atoms with Gasteiger partial charge in [-0.1, -0.05) is 6.92 Å². The Morgan fingerprint density at radius 1 is 1.21 bits per heavy atom. The molecule has 1 rings (SSSR count). The van der Waals surface area contributed by atoms with Gasteiger partial charge in [0.25, 0.3) is 5.91 Å². The van der Waals surface area contributed by atoms with E-state index in [1.807, 2.05) is 0 Å². The summed E-state index contributed by atoms with van der Waals surface area (Å²) in [5.41, 5.74) is 10.6. The van der Waals surface area contributed by atoms with Gasteiger partial charge < -0.3 is 5.73 Å². The quantitative estimate of drug-likeness (QED) is 0.620. The monoisotopic (exact) mass is 270 g/mol. The van der Waals surface area contributed by atoms with E-state index in [2.05, 4.69) is 22.7 Å². The molecule has 0 heterocycles. The lowest BCUT2D eigenvalue weighted by Crippen LogP contribution is -2.49. The van der Waals surface area contributed by atoms with Gasteiger partial charge in [0.2, 0.25) is 5.91 Å². The van der Waals surface area contributed by atoms with E-state index in [0.29, 0.717) is 18.6 Å². The van der Waals surface area contributed by atoms with Crippen molar-refractivity contribution in [3.05, 3.63) is 0 Å². The zero-order valence-corrected chi connectivity index (χ0v) is 11.9. The Morgan fingerprint density at radius 2 is 1.84 bits per heavy atom. The molecular formula is C13H26N4O2. The van der Waals surface area contributed by atoms with Gasteiger partial charge in [-0.05, 0) is 38.6 Å². The van der Waals surface area contributed by atoms with Crippen molar-refractivity contribution in [1.82, 2.24) is 15.8 Å². The lowest BCUT2D eigenvalue weighted by Gasteiger charge is -2.35. The minimum absolute atomic E-state index is 0.168. The summed E-state index contributed by atoms with van der Waals surface area (Å²) in [4.78, 5) is 24.7. The number of nitrogens with one attached hydrogen (secondary N) is 2. The summed E-state index contributed by atoms with van der Waals surface area (Å²) >= 11 is 0. The number of amides is 2. The van der Waals surface area contributed by atoms with Crippen LogP contribution in [-0.2, 0) is 9.59 Å². The minimum Gasteiger partial charge on any atom is -0.328 e. The molecule has 0 unspecified atom stereocenters. The molecule has 0 aliphatic heterocycles. The Bertz CT molecular complexity index is 301. The summed E-state index contributed by atoms with van der Waals surface area (Å²) in [7, 11) is 0. The fourth-order valence-corrected chi connectivity index (χ4v) is 2.53. The van der Waals surface area contributed by atoms with Crippen molar-refractivity contribution in [2.24, 2.45) is 5.73 Å². The SMILES string of the molecule is CCCN(CC(=O)NNC(C)=O)C1CCC(N)CC1. The zero-order valence-electron chi connectivity index (χ0n) is 11.9. The molecule has 19 heavy (non-hydrogen) atoms. The van der Waals surface area contributed by atoms with Crippen LogP contribution in [0.2, 0.25) is 0 Å². The van der Waals surface area contributed by atoms with Gasteiger partial charge in [-0.15, -0.1) is 0 Å². The van der Waals surface area contributed by atoms with Crippen molar-refractivity contribution in [3.63, 3.8) is 0 Å². The molecule has 6 nitrogen and oxygen atoms in total. The number of carbonyl (C=O) groups excluding carboxylic acids is 2. The highest BCUT2D eigenvalue weighted by atomic mass is 16.2. The summed E-state index contributed by atoms with van der Waals surface area (Å²) < 4.78 is 0. The van der Waals surface area contributed by atoms with Gasteiger partial charge in [0, 0.05) is 19.0 Å². The number of hydrazine groups is 1. The maximum absolute atomic E-state index is 11.7. The predicted octanol–water partition coefficient (Wildman–Crippen LogP) is 0.136. The largest absolute Gasteiger partial charge is 0.328 e. The van der Waals surface area contributed by atoms with Crippen molar-refractivity contribution < 1.29 is 9.59 Å². The van der Waals surface area contributed by atoms with Gasteiger partial charge in [-0.2, -0.15) is 0 Å². The lowest BCUT2D eigenvalue weighted by atomic mass is 9.90. The Kier molecular flexibility index (Phi) is 6.80. The molecular weight excluding hydrogens is 244 g/mol. The fraction of sp³-hybridized carbons (Fsp3) is 0.846. The number of hydrogen-bond acceptors (Lipinski definition) is 4. The van der Waals surface area contributed by atoms with Gasteiger partial charge >= 0.3 is 0 Å². The molecule has 0 radical (unpaired) electrons. The normalized spacial score (nSPS) is 23.2. The predicted molar refractivity (Wildman–Crippen MR) is 74.1 cm³/mol. The first kappa shape index (κ1) is 15.9. The fourth-order valence-electron chi connectivity index (χ4n) is 2.53. The number of carbonyl (C=O) groups is 2. The molecule has 1 fully saturated rings. The Morgan fingerprint density at radius 3 is 2.37 bits per heavy atom. The van der Waals surface area contributed by atoms with Crippen LogP contribution < -0.4 is 16.6 Å². The summed E-state index contributed by atoms with van der Waals surface area (Å²) in [6.07, 6.45) is 5.16. The van der Waals surface area contributed by atoms with Crippen molar-refractivity contribution >= 4 is 11.8 Å². The Balaban J connectivity index is 2.43. The first-order valence-corrected chi connectivity index (χ1v) is 7.08. The van der Waals surface area contributed by atoms with E-state index in [-0.39, 0.29) is 11.8 Å². The minimum atomic E-state index is -0.265. The molecule has 0 aromatic carbocycles. The molecule has 2 amide bonds. The zero-order chi connectivity index (χ0) is 14.3. The molecule has 0 spiro atoms. The Labute approximate surface area is 115 Å². The van der Waals surface area contributed by atoms with E-state index in [1.165, 1.54) is 6.92 Å². The molecule has 6 heteroatoms. The first-order valence-electron chi connectivity index (χ1n) is 7.08. The van der Waals surface area contributed by atoms with Crippen LogP contribution in [0.5, 0.6) is 0 Å². The molecule has 4 N–H and O–H groups in total. The molecule has 0 atom stereocenters. The molecule has 0 bridgehead atoms. The van der Waals surface area contributed by atoms with Crippen LogP contribution in [0.3, 0.4) is 0 Å². The average Bonchev–Trinajstić information content (AvgIpc) is 2.37. The summed E-state index contributed by atoms with van der Waals surface area (Å²) in [6.45, 7) is 4.70. The topological polar surface area (TPSA) is 87.5 Å². The number of hydrogen-bond donors (Lipinski definition) is 3. The number of rotatable bonds is 5. The lowest BCUT2D eigenvalue weighted by molar-refractivity contribution is -0.129. The second kappa shape index (κ2) is 8.12. The third-order valence-corrected chi connectivity index (χ3v) is 3.49. The van der Waals surface area contributed by atoms with Crippen LogP contribution in [0.1, 0.15) is 46.0 Å². The highest BCUT2D eigenvalue weighted by molar-refractivity contribution is 5.81. The molecule has 0 saturated heterocycles. The summed E-state index contributed by atoms with van der Waals surface area (Å²) in [5.74, 6) is -0.433. The van der Waals surface area contributed by atoms with E-state index in [1.54, 1.807) is 0 Å². The van der Waals surface area contributed by atoms with Gasteiger partial charge in [0.05, 0.1) is 6.54 Å². The third kappa shape index (κ3) is 6.02. The van der Waals surface area contributed by atoms with E-state index < -0.39 is 0 Å². The highest BCUT2D eigenvalue weighted by Crippen LogP contribution is 2.22.